The third kappa shape index (κ3) is 28.4. The Morgan fingerprint density at radius 1 is 0.693 bits per heavy atom. The van der Waals surface area contributed by atoms with E-state index in [2.05, 4.69) is 46.7 Å². The van der Waals surface area contributed by atoms with Crippen LogP contribution in [0, 0.1) is 0 Å². The number of H-pyrrole nitrogens is 1. The topological polar surface area (TPSA) is 246 Å². The number of thioether (sulfide) groups is 1. The number of carbonyl (C=O) groups excluding carboxylic acids is 4. The predicted molar refractivity (Wildman–Crippen MR) is 308 cm³/mol. The van der Waals surface area contributed by atoms with E-state index in [-0.39, 0.29) is 54.5 Å². The zero-order chi connectivity index (χ0) is 54.3. The van der Waals surface area contributed by atoms with Gasteiger partial charge in [-0.15, -0.1) is 0 Å². The lowest BCUT2D eigenvalue weighted by molar-refractivity contribution is -0.157. The molecule has 1 aromatic carbocycles. The Labute approximate surface area is 453 Å². The maximum Gasteiger partial charge on any atom is 0.326 e. The molecule has 424 valence electrons. The Morgan fingerprint density at radius 3 is 1.72 bits per heavy atom. The van der Waals surface area contributed by atoms with Crippen LogP contribution in [-0.4, -0.2) is 92.8 Å². The van der Waals surface area contributed by atoms with E-state index >= 15 is 0 Å². The van der Waals surface area contributed by atoms with Gasteiger partial charge in [0.25, 0.3) is 0 Å². The molecule has 3 aromatic rings. The average Bonchev–Trinajstić information content (AvgIpc) is 3.71. The quantitative estimate of drug-likeness (QED) is 0.0206. The molecular formula is C58H98N8O8S. The van der Waals surface area contributed by atoms with E-state index in [9.17, 15) is 29.1 Å². The van der Waals surface area contributed by atoms with Crippen molar-refractivity contribution in [3.05, 3.63) is 46.4 Å². The second-order valence-corrected chi connectivity index (χ2v) is 21.5. The van der Waals surface area contributed by atoms with Crippen LogP contribution in [0.15, 0.2) is 35.1 Å². The zero-order valence-electron chi connectivity index (χ0n) is 46.3. The fourth-order valence-electron chi connectivity index (χ4n) is 8.99. The number of aliphatic hydroxyl groups excluding tert-OH is 1. The van der Waals surface area contributed by atoms with Crippen LogP contribution in [0.4, 0.5) is 17.3 Å². The molecule has 0 saturated heterocycles. The number of aliphatic hydroxyl groups is 1. The number of nitrogens with zero attached hydrogens (tertiary/aromatic N) is 2. The highest BCUT2D eigenvalue weighted by molar-refractivity contribution is 7.99. The van der Waals surface area contributed by atoms with Gasteiger partial charge in [0, 0.05) is 42.6 Å². The van der Waals surface area contributed by atoms with Gasteiger partial charge >= 0.3 is 17.6 Å². The molecule has 0 saturated carbocycles. The Kier molecular flexibility index (Phi) is 35.0. The molecule has 2 aromatic heterocycles. The van der Waals surface area contributed by atoms with Gasteiger partial charge in [0.15, 0.2) is 5.82 Å². The number of amides is 2. The van der Waals surface area contributed by atoms with Gasteiger partial charge in [0.1, 0.15) is 30.1 Å². The van der Waals surface area contributed by atoms with Gasteiger partial charge in [0.2, 0.25) is 11.8 Å². The molecule has 1 unspecified atom stereocenters. The van der Waals surface area contributed by atoms with Gasteiger partial charge in [-0.1, -0.05) is 193 Å². The Hall–Kier alpha value is -4.61. The standard InChI is InChI=1S/C58H98N8O8S/c1-4-7-10-12-14-16-18-20-22-24-26-28-30-32-52(68)73-42-47(74-53(69)33-31-29-27-25-23-21-19-17-15-13-11-8-5-2)43-75-44-48(59)56(70)63-49(41-67)57(71)62-46-36-34-45(35-37-46)40-66-50-39-51(61-38-9-6-3)64-55(60)54(50)65-58(66)72/h34-37,39,47-49,67H,4-33,38,40-44,59H2,1-3H3,(H,62,71)(H,63,70)(H,65,72)(H3,60,61,64)/t47?,48-,49-/m0/s1. The lowest BCUT2D eigenvalue weighted by Crippen LogP contribution is -2.52. The third-order valence-corrected chi connectivity index (χ3v) is 14.8. The van der Waals surface area contributed by atoms with Crippen molar-refractivity contribution in [2.24, 2.45) is 5.73 Å². The SMILES string of the molecule is CCCCCCCCCCCCCCCC(=O)OCC(CSC[C@H](N)C(=O)N[C@@H](CO)C(=O)Nc1ccc(Cn2c(=O)[nH]c3c(N)nc(NCCCC)cc32)cc1)OC(=O)CCCCCCCCCCCCCCC. The molecule has 0 bridgehead atoms. The summed E-state index contributed by atoms with van der Waals surface area (Å²) >= 11 is 1.28. The minimum absolute atomic E-state index is 0.0874. The maximum atomic E-state index is 13.2. The lowest BCUT2D eigenvalue weighted by atomic mass is 10.0. The van der Waals surface area contributed by atoms with Crippen molar-refractivity contribution in [2.75, 3.05) is 47.6 Å². The monoisotopic (exact) mass is 1070 g/mol. The summed E-state index contributed by atoms with van der Waals surface area (Å²) in [4.78, 5) is 72.3. The molecule has 17 heteroatoms. The molecule has 0 aliphatic carbocycles. The summed E-state index contributed by atoms with van der Waals surface area (Å²) in [5.41, 5.74) is 14.4. The molecular weight excluding hydrogens is 969 g/mol. The van der Waals surface area contributed by atoms with Crippen LogP contribution in [0.25, 0.3) is 11.0 Å². The maximum absolute atomic E-state index is 13.2. The number of hydrogen-bond acceptors (Lipinski definition) is 13. The largest absolute Gasteiger partial charge is 0.462 e. The van der Waals surface area contributed by atoms with Crippen LogP contribution in [0.2, 0.25) is 0 Å². The normalized spacial score (nSPS) is 12.6. The minimum atomic E-state index is -1.29. The number of nitrogens with two attached hydrogens (primary N) is 2. The van der Waals surface area contributed by atoms with Crippen molar-refractivity contribution in [2.45, 2.75) is 238 Å². The molecule has 16 nitrogen and oxygen atoms in total. The van der Waals surface area contributed by atoms with E-state index in [0.29, 0.717) is 29.0 Å². The van der Waals surface area contributed by atoms with Crippen molar-refractivity contribution in [3.63, 3.8) is 0 Å². The summed E-state index contributed by atoms with van der Waals surface area (Å²) in [6, 6.07) is 6.30. The molecule has 2 amide bonds. The van der Waals surface area contributed by atoms with Gasteiger partial charge in [0.05, 0.1) is 24.7 Å². The van der Waals surface area contributed by atoms with Crippen molar-refractivity contribution >= 4 is 63.9 Å². The number of nitrogen functional groups attached to an aromatic ring is 1. The minimum Gasteiger partial charge on any atom is -0.462 e. The number of esters is 2. The summed E-state index contributed by atoms with van der Waals surface area (Å²) in [6.45, 7) is 6.78. The number of imidazole rings is 1. The number of ether oxygens (including phenoxy) is 2. The number of unbranched alkanes of at least 4 members (excludes halogenated alkanes) is 25. The number of anilines is 3. The summed E-state index contributed by atoms with van der Waals surface area (Å²) in [6.07, 6.45) is 33.3. The van der Waals surface area contributed by atoms with Gasteiger partial charge in [-0.25, -0.2) is 9.78 Å². The van der Waals surface area contributed by atoms with E-state index in [1.54, 1.807) is 34.9 Å². The molecule has 0 aliphatic rings. The van der Waals surface area contributed by atoms with Crippen LogP contribution >= 0.6 is 11.8 Å². The van der Waals surface area contributed by atoms with Gasteiger partial charge in [-0.2, -0.15) is 11.8 Å². The van der Waals surface area contributed by atoms with Crippen molar-refractivity contribution in [1.82, 2.24) is 19.9 Å². The number of nitrogens with one attached hydrogen (secondary N) is 4. The van der Waals surface area contributed by atoms with Gasteiger partial charge in [-0.3, -0.25) is 23.7 Å². The van der Waals surface area contributed by atoms with E-state index in [1.165, 1.54) is 134 Å². The highest BCUT2D eigenvalue weighted by Gasteiger charge is 2.25. The molecule has 0 spiro atoms. The van der Waals surface area contributed by atoms with Gasteiger partial charge in [-0.05, 0) is 37.0 Å². The number of aromatic amines is 1. The summed E-state index contributed by atoms with van der Waals surface area (Å²) < 4.78 is 13.0. The summed E-state index contributed by atoms with van der Waals surface area (Å²) in [5, 5.41) is 18.6. The van der Waals surface area contributed by atoms with Crippen molar-refractivity contribution in [1.29, 1.82) is 0 Å². The predicted octanol–water partition coefficient (Wildman–Crippen LogP) is 11.5. The fourth-order valence-corrected chi connectivity index (χ4v) is 9.96. The van der Waals surface area contributed by atoms with E-state index < -0.39 is 36.6 Å². The Morgan fingerprint density at radius 2 is 1.20 bits per heavy atom. The molecule has 2 heterocycles. The first-order chi connectivity index (χ1) is 36.5. The Balaban J connectivity index is 1.44. The van der Waals surface area contributed by atoms with Crippen LogP contribution < -0.4 is 33.1 Å². The molecule has 3 rings (SSSR count). The number of pyridine rings is 1. The van der Waals surface area contributed by atoms with Crippen LogP contribution in [-0.2, 0) is 35.2 Å². The molecule has 0 aliphatic heterocycles. The average molecular weight is 1070 g/mol. The molecule has 0 radical (unpaired) electrons. The van der Waals surface area contributed by atoms with Crippen LogP contribution in [0.5, 0.6) is 0 Å². The second-order valence-electron chi connectivity index (χ2n) is 20.4. The van der Waals surface area contributed by atoms with Crippen molar-refractivity contribution in [3.8, 4) is 0 Å². The third-order valence-electron chi connectivity index (χ3n) is 13.6. The van der Waals surface area contributed by atoms with Gasteiger partial charge < -0.3 is 47.0 Å². The summed E-state index contributed by atoms with van der Waals surface area (Å²) in [5.74, 6) is -0.794. The summed E-state index contributed by atoms with van der Waals surface area (Å²) in [7, 11) is 0. The number of benzene rings is 1. The fraction of sp³-hybridized carbons (Fsp3) is 0.724. The van der Waals surface area contributed by atoms with Crippen LogP contribution in [0.3, 0.4) is 0 Å². The first-order valence-electron chi connectivity index (χ1n) is 29.1. The molecule has 3 atom stereocenters. The van der Waals surface area contributed by atoms with Crippen molar-refractivity contribution < 1.29 is 33.8 Å². The Bertz CT molecular complexity index is 2080. The van der Waals surface area contributed by atoms with E-state index in [4.69, 9.17) is 20.9 Å². The number of rotatable bonds is 46. The number of aromatic nitrogens is 3. The first-order valence-corrected chi connectivity index (χ1v) is 30.3. The number of carbonyl (C=O) groups is 4. The first kappa shape index (κ1) is 64.7. The molecule has 0 fully saturated rings. The van der Waals surface area contributed by atoms with E-state index in [0.717, 1.165) is 69.9 Å². The smallest absolute Gasteiger partial charge is 0.326 e. The van der Waals surface area contributed by atoms with Crippen LogP contribution in [0.1, 0.15) is 219 Å². The zero-order valence-corrected chi connectivity index (χ0v) is 47.2. The highest BCUT2D eigenvalue weighted by Crippen LogP contribution is 2.22. The number of fused-ring (bicyclic) bond motifs is 1. The molecule has 75 heavy (non-hydrogen) atoms. The van der Waals surface area contributed by atoms with E-state index in [1.807, 2.05) is 0 Å². The highest BCUT2D eigenvalue weighted by atomic mass is 32.2. The lowest BCUT2D eigenvalue weighted by Gasteiger charge is -2.20. The second kappa shape index (κ2) is 40.6. The molecule has 9 N–H and O–H groups in total. The number of hydrogen-bond donors (Lipinski definition) is 7.